The summed E-state index contributed by atoms with van der Waals surface area (Å²) in [5.41, 5.74) is 1.45. The molecule has 0 aliphatic carbocycles. The molecule has 2 heterocycles. The van der Waals surface area contributed by atoms with Gasteiger partial charge >= 0.3 is 0 Å². The van der Waals surface area contributed by atoms with Crippen molar-refractivity contribution in [3.63, 3.8) is 0 Å². The maximum absolute atomic E-state index is 13.4. The molecular formula is C23H22ClN5O4. The number of fused-ring (bicyclic) bond motifs is 1. The zero-order valence-corrected chi connectivity index (χ0v) is 18.6. The topological polar surface area (TPSA) is 122 Å². The van der Waals surface area contributed by atoms with E-state index in [0.717, 1.165) is 5.69 Å². The molecule has 1 aliphatic heterocycles. The first-order valence-electron chi connectivity index (χ1n) is 10.4. The van der Waals surface area contributed by atoms with E-state index >= 15 is 0 Å². The van der Waals surface area contributed by atoms with Crippen LogP contribution in [0.1, 0.15) is 30.3 Å². The molecule has 3 amide bonds. The van der Waals surface area contributed by atoms with Gasteiger partial charge in [-0.2, -0.15) is 0 Å². The largest absolute Gasteiger partial charge is 0.376 e. The van der Waals surface area contributed by atoms with Crippen LogP contribution < -0.4 is 21.5 Å². The summed E-state index contributed by atoms with van der Waals surface area (Å²) in [5, 5.41) is 9.02. The fourth-order valence-corrected chi connectivity index (χ4v) is 4.00. The third-order valence-corrected chi connectivity index (χ3v) is 5.74. The summed E-state index contributed by atoms with van der Waals surface area (Å²) < 4.78 is 1.33. The van der Waals surface area contributed by atoms with Gasteiger partial charge in [0.1, 0.15) is 11.9 Å². The molecule has 1 aliphatic rings. The number of nitrogens with zero attached hydrogens (tertiary/aromatic N) is 2. The van der Waals surface area contributed by atoms with E-state index in [-0.39, 0.29) is 43.3 Å². The second-order valence-corrected chi connectivity index (χ2v) is 8.19. The van der Waals surface area contributed by atoms with Gasteiger partial charge in [-0.1, -0.05) is 23.7 Å². The fourth-order valence-electron chi connectivity index (χ4n) is 3.87. The van der Waals surface area contributed by atoms with Crippen molar-refractivity contribution in [2.75, 3.05) is 11.9 Å². The number of aromatic nitrogens is 2. The van der Waals surface area contributed by atoms with Crippen LogP contribution in [0.2, 0.25) is 5.02 Å². The number of piperidine rings is 1. The Balaban J connectivity index is 1.55. The lowest BCUT2D eigenvalue weighted by molar-refractivity contribution is -0.135. The predicted octanol–water partition coefficient (Wildman–Crippen LogP) is 2.06. The van der Waals surface area contributed by atoms with Gasteiger partial charge < -0.3 is 10.6 Å². The summed E-state index contributed by atoms with van der Waals surface area (Å²) in [5.74, 6) is -0.745. The Morgan fingerprint density at radius 3 is 2.67 bits per heavy atom. The van der Waals surface area contributed by atoms with E-state index in [0.29, 0.717) is 27.3 Å². The number of amides is 3. The summed E-state index contributed by atoms with van der Waals surface area (Å²) in [6.45, 7) is 1.82. The van der Waals surface area contributed by atoms with Crippen LogP contribution in [-0.2, 0) is 20.9 Å². The van der Waals surface area contributed by atoms with E-state index < -0.39 is 11.9 Å². The van der Waals surface area contributed by atoms with Crippen molar-refractivity contribution in [1.82, 2.24) is 20.2 Å². The molecule has 2 aromatic carbocycles. The summed E-state index contributed by atoms with van der Waals surface area (Å²) in [6, 6.07) is 11.4. The van der Waals surface area contributed by atoms with Crippen molar-refractivity contribution in [2.45, 2.75) is 32.4 Å². The number of aryl methyl sites for hydroxylation is 1. The lowest BCUT2D eigenvalue weighted by atomic mass is 10.0. The number of hydrogen-bond acceptors (Lipinski definition) is 6. The van der Waals surface area contributed by atoms with Gasteiger partial charge in [0.15, 0.2) is 0 Å². The Hall–Kier alpha value is -3.72. The third-order valence-electron chi connectivity index (χ3n) is 5.49. The van der Waals surface area contributed by atoms with Crippen LogP contribution in [0.15, 0.2) is 47.3 Å². The highest BCUT2D eigenvalue weighted by Crippen LogP contribution is 2.21. The molecule has 3 N–H and O–H groups in total. The summed E-state index contributed by atoms with van der Waals surface area (Å²) in [4.78, 5) is 54.1. The molecule has 0 saturated carbocycles. The second kappa shape index (κ2) is 9.41. The van der Waals surface area contributed by atoms with Gasteiger partial charge in [0.05, 0.1) is 17.4 Å². The predicted molar refractivity (Wildman–Crippen MR) is 124 cm³/mol. The molecule has 1 saturated heterocycles. The van der Waals surface area contributed by atoms with Crippen LogP contribution in [0.5, 0.6) is 0 Å². The summed E-state index contributed by atoms with van der Waals surface area (Å²) in [6.07, 6.45) is 0.381. The van der Waals surface area contributed by atoms with E-state index in [1.807, 2.05) is 0 Å². The third kappa shape index (κ3) is 4.88. The molecule has 1 atom stereocenters. The number of anilines is 1. The standard InChI is InChI=1S/C23H22ClN5O4/c1-13-27-17-4-2-3-14(11-26-20(31)12-25-16-7-5-15(24)6-8-16)21(17)23(33)29(13)18-9-10-19(30)28-22(18)32/h2-8,18,25H,9-12H2,1H3,(H,26,31)(H,28,30,32). The average Bonchev–Trinajstić information content (AvgIpc) is 2.78. The van der Waals surface area contributed by atoms with Gasteiger partial charge in [-0.05, 0) is 49.2 Å². The van der Waals surface area contributed by atoms with Gasteiger partial charge in [0.2, 0.25) is 17.7 Å². The van der Waals surface area contributed by atoms with E-state index in [4.69, 9.17) is 11.6 Å². The van der Waals surface area contributed by atoms with Crippen LogP contribution in [0.4, 0.5) is 5.69 Å². The second-order valence-electron chi connectivity index (χ2n) is 7.75. The highest BCUT2D eigenvalue weighted by molar-refractivity contribution is 6.30. The molecule has 0 bridgehead atoms. The lowest BCUT2D eigenvalue weighted by Gasteiger charge is -2.24. The first-order chi connectivity index (χ1) is 15.8. The highest BCUT2D eigenvalue weighted by Gasteiger charge is 2.30. The van der Waals surface area contributed by atoms with Gasteiger partial charge in [-0.25, -0.2) is 4.98 Å². The molecule has 3 aromatic rings. The van der Waals surface area contributed by atoms with Gasteiger partial charge in [-0.15, -0.1) is 0 Å². The van der Waals surface area contributed by atoms with E-state index in [1.54, 1.807) is 49.4 Å². The molecule has 1 unspecified atom stereocenters. The monoisotopic (exact) mass is 467 g/mol. The van der Waals surface area contributed by atoms with Crippen molar-refractivity contribution < 1.29 is 14.4 Å². The number of benzene rings is 2. The van der Waals surface area contributed by atoms with E-state index in [2.05, 4.69) is 20.9 Å². The van der Waals surface area contributed by atoms with Crippen LogP contribution in [0.25, 0.3) is 10.9 Å². The number of imide groups is 1. The molecule has 33 heavy (non-hydrogen) atoms. The van der Waals surface area contributed by atoms with E-state index in [9.17, 15) is 19.2 Å². The Kier molecular flexibility index (Phi) is 6.41. The van der Waals surface area contributed by atoms with Gasteiger partial charge in [-0.3, -0.25) is 29.1 Å². The molecule has 1 fully saturated rings. The first kappa shape index (κ1) is 22.5. The SMILES string of the molecule is Cc1nc2cccc(CNC(=O)CNc3ccc(Cl)cc3)c2c(=O)n1C1CCC(=O)NC1=O. The van der Waals surface area contributed by atoms with Crippen LogP contribution >= 0.6 is 11.6 Å². The zero-order chi connectivity index (χ0) is 23.5. The lowest BCUT2D eigenvalue weighted by Crippen LogP contribution is -2.45. The van der Waals surface area contributed by atoms with Crippen LogP contribution in [0, 0.1) is 6.92 Å². The van der Waals surface area contributed by atoms with Gasteiger partial charge in [0.25, 0.3) is 5.56 Å². The molecule has 4 rings (SSSR count). The smallest absolute Gasteiger partial charge is 0.262 e. The van der Waals surface area contributed by atoms with Crippen LogP contribution in [-0.4, -0.2) is 33.8 Å². The van der Waals surface area contributed by atoms with Crippen molar-refractivity contribution >= 4 is 45.9 Å². The molecule has 0 spiro atoms. The minimum Gasteiger partial charge on any atom is -0.376 e. The molecule has 0 radical (unpaired) electrons. The molecule has 1 aromatic heterocycles. The quantitative estimate of drug-likeness (QED) is 0.477. The Morgan fingerprint density at radius 2 is 1.94 bits per heavy atom. The van der Waals surface area contributed by atoms with Crippen molar-refractivity contribution in [3.8, 4) is 0 Å². The highest BCUT2D eigenvalue weighted by atomic mass is 35.5. The summed E-state index contributed by atoms with van der Waals surface area (Å²) in [7, 11) is 0. The number of carbonyl (C=O) groups excluding carboxylic acids is 3. The number of rotatable bonds is 6. The maximum atomic E-state index is 13.4. The first-order valence-corrected chi connectivity index (χ1v) is 10.8. The molecular weight excluding hydrogens is 446 g/mol. The maximum Gasteiger partial charge on any atom is 0.262 e. The van der Waals surface area contributed by atoms with Gasteiger partial charge in [0, 0.05) is 23.7 Å². The Morgan fingerprint density at radius 1 is 1.18 bits per heavy atom. The zero-order valence-electron chi connectivity index (χ0n) is 17.9. The molecule has 9 nitrogen and oxygen atoms in total. The van der Waals surface area contributed by atoms with E-state index in [1.165, 1.54) is 4.57 Å². The minimum absolute atomic E-state index is 0.0459. The fraction of sp³-hybridized carbons (Fsp3) is 0.261. The Labute approximate surface area is 194 Å². The normalized spacial score (nSPS) is 15.9. The number of hydrogen-bond donors (Lipinski definition) is 3. The number of halogens is 1. The minimum atomic E-state index is -0.807. The summed E-state index contributed by atoms with van der Waals surface area (Å²) >= 11 is 5.86. The molecule has 10 heteroatoms. The van der Waals surface area contributed by atoms with Crippen molar-refractivity contribution in [3.05, 3.63) is 69.2 Å². The van der Waals surface area contributed by atoms with Crippen molar-refractivity contribution in [2.24, 2.45) is 0 Å². The molecule has 170 valence electrons. The van der Waals surface area contributed by atoms with Crippen LogP contribution in [0.3, 0.4) is 0 Å². The van der Waals surface area contributed by atoms with Crippen molar-refractivity contribution in [1.29, 1.82) is 0 Å². The Bertz CT molecular complexity index is 1300. The average molecular weight is 468 g/mol. The number of carbonyl (C=O) groups is 3. The number of nitrogens with one attached hydrogen (secondary N) is 3.